The number of hydroxylamine groups is 1. The molecule has 0 unspecified atom stereocenters. The Kier molecular flexibility index (Phi) is 4.96. The van der Waals surface area contributed by atoms with Crippen LogP contribution in [0.2, 0.25) is 0 Å². The van der Waals surface area contributed by atoms with Gasteiger partial charge in [0.2, 0.25) is 10.0 Å². The van der Waals surface area contributed by atoms with Crippen molar-refractivity contribution in [2.24, 2.45) is 0 Å². The van der Waals surface area contributed by atoms with Crippen molar-refractivity contribution in [2.75, 3.05) is 7.11 Å². The zero-order chi connectivity index (χ0) is 19.8. The zero-order valence-corrected chi connectivity index (χ0v) is 15.1. The van der Waals surface area contributed by atoms with Crippen molar-refractivity contribution in [3.63, 3.8) is 0 Å². The molecule has 0 aromatic heterocycles. The summed E-state index contributed by atoms with van der Waals surface area (Å²) in [5.41, 5.74) is 2.43. The number of aromatic hydroxyl groups is 2. The Morgan fingerprint density at radius 3 is 2.30 bits per heavy atom. The first-order chi connectivity index (χ1) is 12.8. The lowest BCUT2D eigenvalue weighted by atomic mass is 9.95. The fraction of sp³-hybridized carbons (Fsp3) is 0.235. The van der Waals surface area contributed by atoms with Crippen LogP contribution in [0.3, 0.4) is 0 Å². The molecule has 0 fully saturated rings. The summed E-state index contributed by atoms with van der Waals surface area (Å²) in [6.07, 6.45) is -0.0784. The number of methoxy groups -OCH3 is 1. The van der Waals surface area contributed by atoms with Crippen molar-refractivity contribution in [3.8, 4) is 17.2 Å². The lowest BCUT2D eigenvalue weighted by Crippen LogP contribution is -2.51. The highest BCUT2D eigenvalue weighted by Crippen LogP contribution is 2.35. The molecule has 2 aromatic rings. The molecule has 1 aliphatic heterocycles. The molecule has 27 heavy (non-hydrogen) atoms. The van der Waals surface area contributed by atoms with E-state index in [0.29, 0.717) is 16.9 Å². The number of sulfonamides is 1. The quantitative estimate of drug-likeness (QED) is 0.341. The van der Waals surface area contributed by atoms with E-state index in [1.165, 1.54) is 49.0 Å². The summed E-state index contributed by atoms with van der Waals surface area (Å²) in [4.78, 5) is 12.1. The average molecular weight is 394 g/mol. The fourth-order valence-electron chi connectivity index (χ4n) is 3.02. The maximum Gasteiger partial charge on any atom is 0.262 e. The molecule has 1 atom stereocenters. The molecule has 0 saturated carbocycles. The molecular weight excluding hydrogens is 376 g/mol. The third-order valence-corrected chi connectivity index (χ3v) is 6.33. The van der Waals surface area contributed by atoms with E-state index < -0.39 is 22.0 Å². The molecule has 3 rings (SSSR count). The van der Waals surface area contributed by atoms with Crippen molar-refractivity contribution in [3.05, 3.63) is 47.5 Å². The summed E-state index contributed by atoms with van der Waals surface area (Å²) in [6, 6.07) is 6.98. The molecule has 1 heterocycles. The topological polar surface area (TPSA) is 136 Å². The van der Waals surface area contributed by atoms with Gasteiger partial charge in [-0.3, -0.25) is 10.0 Å². The Morgan fingerprint density at radius 1 is 1.15 bits per heavy atom. The Morgan fingerprint density at radius 2 is 1.74 bits per heavy atom. The normalized spacial score (nSPS) is 17.2. The maximum absolute atomic E-state index is 13.1. The Hall–Kier alpha value is -2.82. The van der Waals surface area contributed by atoms with Crippen molar-refractivity contribution in [2.45, 2.75) is 23.9 Å². The number of nitrogens with zero attached hydrogens (tertiary/aromatic N) is 1. The van der Waals surface area contributed by atoms with Crippen molar-refractivity contribution in [1.82, 2.24) is 9.79 Å². The van der Waals surface area contributed by atoms with E-state index in [4.69, 9.17) is 9.94 Å². The van der Waals surface area contributed by atoms with E-state index in [9.17, 15) is 23.4 Å². The number of ether oxygens (including phenoxy) is 1. The molecule has 4 N–H and O–H groups in total. The van der Waals surface area contributed by atoms with Crippen LogP contribution in [0, 0.1) is 0 Å². The Balaban J connectivity index is 2.06. The van der Waals surface area contributed by atoms with Crippen LogP contribution >= 0.6 is 0 Å². The van der Waals surface area contributed by atoms with Gasteiger partial charge in [0.15, 0.2) is 11.5 Å². The monoisotopic (exact) mass is 394 g/mol. The number of hydrogen-bond acceptors (Lipinski definition) is 7. The largest absolute Gasteiger partial charge is 0.504 e. The second-order valence-electron chi connectivity index (χ2n) is 6.03. The number of phenols is 2. The zero-order valence-electron chi connectivity index (χ0n) is 14.3. The highest BCUT2D eigenvalue weighted by atomic mass is 32.2. The number of carbonyl (C=O) groups excluding carboxylic acids is 1. The number of carbonyl (C=O) groups is 1. The second kappa shape index (κ2) is 7.06. The number of fused-ring (bicyclic) bond motifs is 1. The molecule has 9 nitrogen and oxygen atoms in total. The minimum absolute atomic E-state index is 0.0505. The van der Waals surface area contributed by atoms with Crippen LogP contribution in [-0.2, 0) is 27.8 Å². The van der Waals surface area contributed by atoms with Gasteiger partial charge >= 0.3 is 0 Å². The maximum atomic E-state index is 13.1. The molecule has 0 aliphatic carbocycles. The van der Waals surface area contributed by atoms with E-state index in [2.05, 4.69) is 0 Å². The minimum Gasteiger partial charge on any atom is -0.504 e. The van der Waals surface area contributed by atoms with E-state index >= 15 is 0 Å². The first kappa shape index (κ1) is 19.0. The summed E-state index contributed by atoms with van der Waals surface area (Å²) in [5.74, 6) is -1.18. The summed E-state index contributed by atoms with van der Waals surface area (Å²) < 4.78 is 32.1. The summed E-state index contributed by atoms with van der Waals surface area (Å²) in [5, 5.41) is 28.4. The predicted molar refractivity (Wildman–Crippen MR) is 92.9 cm³/mol. The summed E-state index contributed by atoms with van der Waals surface area (Å²) >= 11 is 0. The summed E-state index contributed by atoms with van der Waals surface area (Å²) in [6.45, 7) is -0.213. The van der Waals surface area contributed by atoms with E-state index in [0.717, 1.165) is 4.31 Å². The Labute approximate surface area is 155 Å². The smallest absolute Gasteiger partial charge is 0.262 e. The molecule has 2 aromatic carbocycles. The number of hydrogen-bond donors (Lipinski definition) is 4. The highest BCUT2D eigenvalue weighted by Gasteiger charge is 2.40. The van der Waals surface area contributed by atoms with Crippen molar-refractivity contribution >= 4 is 15.9 Å². The first-order valence-electron chi connectivity index (χ1n) is 7.91. The van der Waals surface area contributed by atoms with Crippen LogP contribution in [0.1, 0.15) is 11.1 Å². The highest BCUT2D eigenvalue weighted by molar-refractivity contribution is 7.89. The fourth-order valence-corrected chi connectivity index (χ4v) is 4.59. The van der Waals surface area contributed by atoms with E-state index in [-0.39, 0.29) is 29.4 Å². The lowest BCUT2D eigenvalue weighted by molar-refractivity contribution is -0.133. The lowest BCUT2D eigenvalue weighted by Gasteiger charge is -2.34. The van der Waals surface area contributed by atoms with E-state index in [1.807, 2.05) is 0 Å². The molecule has 1 amide bonds. The van der Waals surface area contributed by atoms with Crippen LogP contribution in [0.15, 0.2) is 41.3 Å². The number of benzene rings is 2. The van der Waals surface area contributed by atoms with Gasteiger partial charge in [0, 0.05) is 6.54 Å². The van der Waals surface area contributed by atoms with Crippen LogP contribution < -0.4 is 10.2 Å². The average Bonchev–Trinajstić information content (AvgIpc) is 2.67. The van der Waals surface area contributed by atoms with Crippen LogP contribution in [-0.4, -0.2) is 47.2 Å². The van der Waals surface area contributed by atoms with Gasteiger partial charge in [-0.25, -0.2) is 13.9 Å². The first-order valence-corrected chi connectivity index (χ1v) is 9.35. The van der Waals surface area contributed by atoms with Crippen LogP contribution in [0.25, 0.3) is 0 Å². The SMILES string of the molecule is COc1ccc(S(=O)(=O)N2Cc3cc(O)c(O)cc3C[C@@H]2C(=O)NO)cc1. The van der Waals surface area contributed by atoms with Gasteiger partial charge in [-0.1, -0.05) is 0 Å². The van der Waals surface area contributed by atoms with Gasteiger partial charge in [-0.15, -0.1) is 0 Å². The minimum atomic E-state index is -4.10. The van der Waals surface area contributed by atoms with Gasteiger partial charge < -0.3 is 14.9 Å². The van der Waals surface area contributed by atoms with Crippen molar-refractivity contribution in [1.29, 1.82) is 0 Å². The van der Waals surface area contributed by atoms with Crippen LogP contribution in [0.5, 0.6) is 17.2 Å². The molecule has 10 heteroatoms. The Bertz CT molecular complexity index is 974. The van der Waals surface area contributed by atoms with Gasteiger partial charge in [-0.2, -0.15) is 4.31 Å². The van der Waals surface area contributed by atoms with Crippen molar-refractivity contribution < 1.29 is 33.4 Å². The number of nitrogens with one attached hydrogen (secondary N) is 1. The molecule has 0 radical (unpaired) electrons. The standard InChI is InChI=1S/C17H18N2O7S/c1-26-12-2-4-13(5-3-12)27(24,25)19-9-11-8-16(21)15(20)7-10(11)6-14(19)17(22)18-23/h2-5,7-8,14,20-21,23H,6,9H2,1H3,(H,18,22)/t14-/m1/s1. The molecule has 144 valence electrons. The number of amides is 1. The molecule has 1 aliphatic rings. The van der Waals surface area contributed by atoms with Gasteiger partial charge in [0.05, 0.1) is 12.0 Å². The van der Waals surface area contributed by atoms with Gasteiger partial charge in [0.25, 0.3) is 5.91 Å². The van der Waals surface area contributed by atoms with E-state index in [1.54, 1.807) is 0 Å². The molecule has 0 saturated heterocycles. The molecule has 0 spiro atoms. The predicted octanol–water partition coefficient (Wildman–Crippen LogP) is 0.727. The third kappa shape index (κ3) is 3.42. The third-order valence-electron chi connectivity index (χ3n) is 4.46. The molecular formula is C17H18N2O7S. The van der Waals surface area contributed by atoms with Crippen LogP contribution in [0.4, 0.5) is 0 Å². The number of rotatable bonds is 4. The second-order valence-corrected chi connectivity index (χ2v) is 7.92. The molecule has 0 bridgehead atoms. The number of phenolic OH excluding ortho intramolecular Hbond substituents is 2. The van der Waals surface area contributed by atoms with Gasteiger partial charge in [-0.05, 0) is 53.9 Å². The summed E-state index contributed by atoms with van der Waals surface area (Å²) in [7, 11) is -2.64. The van der Waals surface area contributed by atoms with Gasteiger partial charge in [0.1, 0.15) is 11.8 Å².